The first-order chi connectivity index (χ1) is 12.1. The van der Waals surface area contributed by atoms with E-state index < -0.39 is 0 Å². The van der Waals surface area contributed by atoms with Crippen molar-refractivity contribution in [2.45, 2.75) is 38.6 Å². The predicted octanol–water partition coefficient (Wildman–Crippen LogP) is 2.27. The van der Waals surface area contributed by atoms with E-state index in [1.54, 1.807) is 0 Å². The molecule has 25 heavy (non-hydrogen) atoms. The van der Waals surface area contributed by atoms with E-state index in [-0.39, 0.29) is 11.8 Å². The van der Waals surface area contributed by atoms with E-state index in [1.165, 1.54) is 25.9 Å². The van der Waals surface area contributed by atoms with Crippen molar-refractivity contribution in [1.29, 1.82) is 0 Å². The van der Waals surface area contributed by atoms with Crippen LogP contribution in [0.4, 0.5) is 0 Å². The Morgan fingerprint density at radius 1 is 1.16 bits per heavy atom. The number of nitrogens with one attached hydrogen (secondary N) is 1. The molecule has 3 rings (SSSR count). The minimum absolute atomic E-state index is 0.00303. The fourth-order valence-corrected chi connectivity index (χ4v) is 3.70. The number of likely N-dealkylation sites (tertiary alicyclic amines) is 2. The molecule has 2 aliphatic rings. The van der Waals surface area contributed by atoms with Crippen LogP contribution in [0.1, 0.15) is 48.0 Å². The van der Waals surface area contributed by atoms with Gasteiger partial charge in [-0.25, -0.2) is 0 Å². The number of piperidine rings is 1. The first kappa shape index (κ1) is 17.9. The molecule has 0 saturated carbocycles. The van der Waals surface area contributed by atoms with Crippen LogP contribution in [-0.2, 0) is 11.3 Å². The fraction of sp³-hybridized carbons (Fsp3) is 0.600. The molecule has 2 amide bonds. The van der Waals surface area contributed by atoms with E-state index in [1.807, 2.05) is 29.2 Å². The number of hydrogen-bond acceptors (Lipinski definition) is 3. The van der Waals surface area contributed by atoms with Gasteiger partial charge < -0.3 is 15.1 Å². The molecule has 2 saturated heterocycles. The first-order valence-corrected chi connectivity index (χ1v) is 9.45. The van der Waals surface area contributed by atoms with Crippen molar-refractivity contribution in [1.82, 2.24) is 15.1 Å². The average molecular weight is 343 g/mol. The van der Waals surface area contributed by atoms with E-state index in [0.717, 1.165) is 37.4 Å². The smallest absolute Gasteiger partial charge is 0.251 e. The number of hydrogen-bond donors (Lipinski definition) is 1. The zero-order valence-electron chi connectivity index (χ0n) is 15.2. The van der Waals surface area contributed by atoms with E-state index in [2.05, 4.69) is 17.3 Å². The number of carbonyl (C=O) groups excluding carboxylic acids is 2. The zero-order chi connectivity index (χ0) is 17.6. The normalized spacial score (nSPS) is 19.4. The zero-order valence-corrected chi connectivity index (χ0v) is 15.2. The Morgan fingerprint density at radius 3 is 2.52 bits per heavy atom. The molecular formula is C20H29N3O2. The Balaban J connectivity index is 1.42. The maximum atomic E-state index is 12.3. The molecule has 0 bridgehead atoms. The molecule has 2 fully saturated rings. The Hall–Kier alpha value is -1.88. The Labute approximate surface area is 150 Å². The summed E-state index contributed by atoms with van der Waals surface area (Å²) in [7, 11) is 2.17. The standard InChI is InChI=1S/C20H29N3O2/c1-22-13-9-16(10-14-22)8-11-21-20(25)18-6-4-17(5-7-18)15-23-12-2-3-19(23)24/h4-7,16H,2-3,8-15H2,1H3,(H,21,25). The number of carbonyl (C=O) groups is 2. The van der Waals surface area contributed by atoms with Gasteiger partial charge in [0.1, 0.15) is 0 Å². The van der Waals surface area contributed by atoms with Crippen molar-refractivity contribution in [2.24, 2.45) is 5.92 Å². The summed E-state index contributed by atoms with van der Waals surface area (Å²) in [6.07, 6.45) is 5.15. The van der Waals surface area contributed by atoms with Gasteiger partial charge in [0.25, 0.3) is 5.91 Å². The summed E-state index contributed by atoms with van der Waals surface area (Å²) in [6.45, 7) is 4.57. The maximum absolute atomic E-state index is 12.3. The van der Waals surface area contributed by atoms with Crippen LogP contribution in [0.25, 0.3) is 0 Å². The lowest BCUT2D eigenvalue weighted by Gasteiger charge is -2.28. The van der Waals surface area contributed by atoms with Gasteiger partial charge in [-0.15, -0.1) is 0 Å². The number of nitrogens with zero attached hydrogens (tertiary/aromatic N) is 2. The van der Waals surface area contributed by atoms with Gasteiger partial charge in [-0.1, -0.05) is 12.1 Å². The van der Waals surface area contributed by atoms with Gasteiger partial charge in [-0.3, -0.25) is 9.59 Å². The minimum atomic E-state index is -0.00303. The summed E-state index contributed by atoms with van der Waals surface area (Å²) in [5.41, 5.74) is 1.78. The van der Waals surface area contributed by atoms with Gasteiger partial charge in [0.2, 0.25) is 5.91 Å². The molecule has 5 heteroatoms. The van der Waals surface area contributed by atoms with Crippen LogP contribution in [0.2, 0.25) is 0 Å². The first-order valence-electron chi connectivity index (χ1n) is 9.45. The van der Waals surface area contributed by atoms with Crippen LogP contribution in [0.5, 0.6) is 0 Å². The lowest BCUT2D eigenvalue weighted by molar-refractivity contribution is -0.128. The summed E-state index contributed by atoms with van der Waals surface area (Å²) in [5, 5.41) is 3.04. The van der Waals surface area contributed by atoms with E-state index in [4.69, 9.17) is 0 Å². The molecule has 1 aromatic carbocycles. The summed E-state index contributed by atoms with van der Waals surface area (Å²) in [5.74, 6) is 0.962. The quantitative estimate of drug-likeness (QED) is 0.862. The van der Waals surface area contributed by atoms with Crippen molar-refractivity contribution in [2.75, 3.05) is 33.2 Å². The lowest BCUT2D eigenvalue weighted by Crippen LogP contribution is -2.32. The minimum Gasteiger partial charge on any atom is -0.352 e. The van der Waals surface area contributed by atoms with Gasteiger partial charge >= 0.3 is 0 Å². The lowest BCUT2D eigenvalue weighted by atomic mass is 9.94. The molecule has 1 N–H and O–H groups in total. The molecule has 0 aliphatic carbocycles. The summed E-state index contributed by atoms with van der Waals surface area (Å²) >= 11 is 0. The molecule has 2 aliphatic heterocycles. The van der Waals surface area contributed by atoms with Crippen molar-refractivity contribution in [3.8, 4) is 0 Å². The molecule has 0 atom stereocenters. The van der Waals surface area contributed by atoms with Crippen molar-refractivity contribution in [3.63, 3.8) is 0 Å². The molecule has 0 radical (unpaired) electrons. The highest BCUT2D eigenvalue weighted by Gasteiger charge is 2.20. The third kappa shape index (κ3) is 5.05. The van der Waals surface area contributed by atoms with Crippen LogP contribution in [-0.4, -0.2) is 54.8 Å². The van der Waals surface area contributed by atoms with Gasteiger partial charge in [0.15, 0.2) is 0 Å². The van der Waals surface area contributed by atoms with Crippen molar-refractivity contribution in [3.05, 3.63) is 35.4 Å². The molecule has 2 heterocycles. The summed E-state index contributed by atoms with van der Waals surface area (Å²) in [6, 6.07) is 7.64. The van der Waals surface area contributed by atoms with Crippen LogP contribution in [0.3, 0.4) is 0 Å². The van der Waals surface area contributed by atoms with Gasteiger partial charge in [0, 0.05) is 31.6 Å². The van der Waals surface area contributed by atoms with E-state index in [0.29, 0.717) is 18.5 Å². The summed E-state index contributed by atoms with van der Waals surface area (Å²) < 4.78 is 0. The second-order valence-electron chi connectivity index (χ2n) is 7.41. The van der Waals surface area contributed by atoms with Crippen LogP contribution >= 0.6 is 0 Å². The molecule has 1 aromatic rings. The molecule has 5 nitrogen and oxygen atoms in total. The molecule has 136 valence electrons. The topological polar surface area (TPSA) is 52.7 Å². The number of benzene rings is 1. The molecule has 0 spiro atoms. The molecule has 0 aromatic heterocycles. The number of amides is 2. The highest BCUT2D eigenvalue weighted by Crippen LogP contribution is 2.19. The van der Waals surface area contributed by atoms with Crippen molar-refractivity contribution < 1.29 is 9.59 Å². The van der Waals surface area contributed by atoms with Gasteiger partial charge in [-0.05, 0) is 69.4 Å². The van der Waals surface area contributed by atoms with Crippen LogP contribution in [0, 0.1) is 5.92 Å². The van der Waals surface area contributed by atoms with Gasteiger partial charge in [-0.2, -0.15) is 0 Å². The second-order valence-corrected chi connectivity index (χ2v) is 7.41. The van der Waals surface area contributed by atoms with Crippen LogP contribution in [0.15, 0.2) is 24.3 Å². The SMILES string of the molecule is CN1CCC(CCNC(=O)c2ccc(CN3CCCC3=O)cc2)CC1. The Morgan fingerprint density at radius 2 is 1.88 bits per heavy atom. The largest absolute Gasteiger partial charge is 0.352 e. The van der Waals surface area contributed by atoms with E-state index >= 15 is 0 Å². The Bertz CT molecular complexity index is 591. The second kappa shape index (κ2) is 8.48. The van der Waals surface area contributed by atoms with Crippen LogP contribution < -0.4 is 5.32 Å². The predicted molar refractivity (Wildman–Crippen MR) is 98.3 cm³/mol. The van der Waals surface area contributed by atoms with Gasteiger partial charge in [0.05, 0.1) is 0 Å². The highest BCUT2D eigenvalue weighted by atomic mass is 16.2. The maximum Gasteiger partial charge on any atom is 0.251 e. The molecule has 0 unspecified atom stereocenters. The van der Waals surface area contributed by atoms with Crippen molar-refractivity contribution >= 4 is 11.8 Å². The molecular weight excluding hydrogens is 314 g/mol. The highest BCUT2D eigenvalue weighted by molar-refractivity contribution is 5.94. The number of rotatable bonds is 6. The summed E-state index contributed by atoms with van der Waals surface area (Å²) in [4.78, 5) is 28.2. The average Bonchev–Trinajstić information content (AvgIpc) is 3.02. The third-order valence-electron chi connectivity index (χ3n) is 5.44. The van der Waals surface area contributed by atoms with E-state index in [9.17, 15) is 9.59 Å². The third-order valence-corrected chi connectivity index (χ3v) is 5.44. The monoisotopic (exact) mass is 343 g/mol. The fourth-order valence-electron chi connectivity index (χ4n) is 3.70. The Kier molecular flexibility index (Phi) is 6.08.